The molecule has 0 atom stereocenters. The first-order chi connectivity index (χ1) is 4.68. The van der Waals surface area contributed by atoms with Crippen LogP contribution in [-0.2, 0) is 11.3 Å². The molecule has 1 aromatic heterocycles. The molecule has 0 aliphatic carbocycles. The van der Waals surface area contributed by atoms with E-state index in [2.05, 4.69) is 10.1 Å². The van der Waals surface area contributed by atoms with Gasteiger partial charge in [0.25, 0.3) is 0 Å². The second kappa shape index (κ2) is 2.79. The van der Waals surface area contributed by atoms with Crippen LogP contribution in [-0.4, -0.2) is 20.5 Å². The Bertz CT molecular complexity index is 245. The molecule has 1 rings (SSSR count). The van der Waals surface area contributed by atoms with Gasteiger partial charge in [-0.2, -0.15) is 0 Å². The van der Waals surface area contributed by atoms with Crippen LogP contribution in [0.1, 0.15) is 6.92 Å². The lowest BCUT2D eigenvalue weighted by molar-refractivity contribution is -0.117. The zero-order chi connectivity index (χ0) is 7.56. The number of aromatic nitrogens is 3. The van der Waals surface area contributed by atoms with Crippen LogP contribution >= 0.6 is 11.6 Å². The number of Topliss-reactive ketones (excluding diaryl/α,β-unsaturated/α-hetero) is 1. The van der Waals surface area contributed by atoms with Crippen LogP contribution in [0, 0.1) is 0 Å². The molecule has 0 radical (unpaired) electrons. The van der Waals surface area contributed by atoms with Gasteiger partial charge in [0.15, 0.2) is 5.78 Å². The van der Waals surface area contributed by atoms with Crippen molar-refractivity contribution < 1.29 is 4.79 Å². The maximum absolute atomic E-state index is 10.5. The molecule has 0 N–H and O–H groups in total. The summed E-state index contributed by atoms with van der Waals surface area (Å²) in [5, 5.41) is 3.87. The number of nitrogens with zero attached hydrogens (tertiary/aromatic N) is 3. The van der Waals surface area contributed by atoms with Crippen LogP contribution in [0.4, 0.5) is 0 Å². The minimum Gasteiger partial charge on any atom is -0.298 e. The molecule has 0 saturated heterocycles. The standard InChI is InChI=1S/C5H6ClN3O/c1-4(10)2-9-3-7-5(6)8-9/h3H,2H2,1H3. The Morgan fingerprint density at radius 2 is 2.60 bits per heavy atom. The molecular formula is C5H6ClN3O. The molecule has 0 aliphatic rings. The summed E-state index contributed by atoms with van der Waals surface area (Å²) < 4.78 is 1.39. The summed E-state index contributed by atoms with van der Waals surface area (Å²) in [5.41, 5.74) is 0. The van der Waals surface area contributed by atoms with Crippen LogP contribution in [0.5, 0.6) is 0 Å². The van der Waals surface area contributed by atoms with Gasteiger partial charge in [-0.05, 0) is 18.5 Å². The van der Waals surface area contributed by atoms with E-state index in [1.165, 1.54) is 17.9 Å². The summed E-state index contributed by atoms with van der Waals surface area (Å²) >= 11 is 5.39. The topological polar surface area (TPSA) is 47.8 Å². The van der Waals surface area contributed by atoms with Crippen molar-refractivity contribution in [2.45, 2.75) is 13.5 Å². The third kappa shape index (κ3) is 1.80. The molecule has 5 heteroatoms. The van der Waals surface area contributed by atoms with Gasteiger partial charge < -0.3 is 0 Å². The van der Waals surface area contributed by atoms with E-state index >= 15 is 0 Å². The minimum atomic E-state index is 0.0292. The lowest BCUT2D eigenvalue weighted by Gasteiger charge is -1.91. The molecule has 0 aliphatic heterocycles. The highest BCUT2D eigenvalue weighted by molar-refractivity contribution is 6.28. The second-order valence-electron chi connectivity index (χ2n) is 1.91. The van der Waals surface area contributed by atoms with E-state index in [-0.39, 0.29) is 17.6 Å². The number of ketones is 1. The molecule has 0 amide bonds. The Balaban J connectivity index is 2.67. The fourth-order valence-corrected chi connectivity index (χ4v) is 0.717. The quantitative estimate of drug-likeness (QED) is 0.632. The highest BCUT2D eigenvalue weighted by Gasteiger charge is 1.98. The van der Waals surface area contributed by atoms with Crippen molar-refractivity contribution >= 4 is 17.4 Å². The van der Waals surface area contributed by atoms with Gasteiger partial charge in [0.05, 0.1) is 0 Å². The van der Waals surface area contributed by atoms with E-state index in [1.54, 1.807) is 0 Å². The zero-order valence-corrected chi connectivity index (χ0v) is 6.17. The smallest absolute Gasteiger partial charge is 0.242 e. The van der Waals surface area contributed by atoms with E-state index in [1.807, 2.05) is 0 Å². The monoisotopic (exact) mass is 159 g/mol. The van der Waals surface area contributed by atoms with Gasteiger partial charge in [-0.25, -0.2) is 9.67 Å². The lowest BCUT2D eigenvalue weighted by atomic mass is 10.5. The van der Waals surface area contributed by atoms with Crippen LogP contribution in [0.25, 0.3) is 0 Å². The lowest BCUT2D eigenvalue weighted by Crippen LogP contribution is -2.06. The van der Waals surface area contributed by atoms with E-state index in [4.69, 9.17) is 11.6 Å². The predicted octanol–water partition coefficient (Wildman–Crippen LogP) is 0.520. The molecule has 54 valence electrons. The van der Waals surface area contributed by atoms with E-state index in [0.29, 0.717) is 0 Å². The van der Waals surface area contributed by atoms with Gasteiger partial charge in [-0.1, -0.05) is 0 Å². The minimum absolute atomic E-state index is 0.0292. The van der Waals surface area contributed by atoms with Gasteiger partial charge in [0.1, 0.15) is 12.9 Å². The van der Waals surface area contributed by atoms with Crippen LogP contribution in [0.15, 0.2) is 6.33 Å². The van der Waals surface area contributed by atoms with E-state index < -0.39 is 0 Å². The molecule has 0 aromatic carbocycles. The number of rotatable bonds is 2. The summed E-state index contributed by atoms with van der Waals surface area (Å²) in [4.78, 5) is 14.1. The average Bonchev–Trinajstić information content (AvgIpc) is 2.13. The summed E-state index contributed by atoms with van der Waals surface area (Å²) in [6.07, 6.45) is 1.42. The molecule has 1 heterocycles. The van der Waals surface area contributed by atoms with Gasteiger partial charge in [0, 0.05) is 0 Å². The summed E-state index contributed by atoms with van der Waals surface area (Å²) in [7, 11) is 0. The molecule has 1 aromatic rings. The van der Waals surface area contributed by atoms with Crippen molar-refractivity contribution in [2.75, 3.05) is 0 Å². The molecule has 0 bridgehead atoms. The van der Waals surface area contributed by atoms with Crippen molar-refractivity contribution in [2.24, 2.45) is 0 Å². The highest BCUT2D eigenvalue weighted by Crippen LogP contribution is 1.95. The first-order valence-electron chi connectivity index (χ1n) is 2.73. The Labute approximate surface area is 62.8 Å². The fourth-order valence-electron chi connectivity index (χ4n) is 0.576. The fraction of sp³-hybridized carbons (Fsp3) is 0.400. The predicted molar refractivity (Wildman–Crippen MR) is 35.7 cm³/mol. The molecule has 0 saturated carbocycles. The number of carbonyl (C=O) groups is 1. The second-order valence-corrected chi connectivity index (χ2v) is 2.25. The highest BCUT2D eigenvalue weighted by atomic mass is 35.5. The molecule has 0 spiro atoms. The Morgan fingerprint density at radius 1 is 1.90 bits per heavy atom. The van der Waals surface area contributed by atoms with Crippen molar-refractivity contribution in [1.82, 2.24) is 14.8 Å². The Hall–Kier alpha value is -0.900. The third-order valence-corrected chi connectivity index (χ3v) is 1.07. The van der Waals surface area contributed by atoms with Crippen molar-refractivity contribution in [3.05, 3.63) is 11.6 Å². The van der Waals surface area contributed by atoms with Crippen LogP contribution < -0.4 is 0 Å². The summed E-state index contributed by atoms with van der Waals surface area (Å²) in [5.74, 6) is 0.0292. The largest absolute Gasteiger partial charge is 0.298 e. The van der Waals surface area contributed by atoms with E-state index in [9.17, 15) is 4.79 Å². The van der Waals surface area contributed by atoms with Gasteiger partial charge in [0.2, 0.25) is 5.28 Å². The normalized spacial score (nSPS) is 9.80. The maximum Gasteiger partial charge on any atom is 0.242 e. The average molecular weight is 160 g/mol. The number of carbonyl (C=O) groups excluding carboxylic acids is 1. The van der Waals surface area contributed by atoms with Crippen molar-refractivity contribution in [1.29, 1.82) is 0 Å². The Kier molecular flexibility index (Phi) is 2.01. The maximum atomic E-state index is 10.5. The molecule has 4 nitrogen and oxygen atoms in total. The molecule has 0 fully saturated rings. The summed E-state index contributed by atoms with van der Waals surface area (Å²) in [6.45, 7) is 1.72. The number of hydrogen-bond acceptors (Lipinski definition) is 3. The third-order valence-electron chi connectivity index (χ3n) is 0.893. The Morgan fingerprint density at radius 3 is 3.00 bits per heavy atom. The zero-order valence-electron chi connectivity index (χ0n) is 5.41. The number of halogens is 1. The van der Waals surface area contributed by atoms with Gasteiger partial charge in [-0.3, -0.25) is 4.79 Å². The molecule has 0 unspecified atom stereocenters. The van der Waals surface area contributed by atoms with Gasteiger partial charge >= 0.3 is 0 Å². The van der Waals surface area contributed by atoms with Crippen LogP contribution in [0.2, 0.25) is 5.28 Å². The van der Waals surface area contributed by atoms with E-state index in [0.717, 1.165) is 0 Å². The first-order valence-corrected chi connectivity index (χ1v) is 3.10. The van der Waals surface area contributed by atoms with Gasteiger partial charge in [-0.15, -0.1) is 5.10 Å². The van der Waals surface area contributed by atoms with Crippen molar-refractivity contribution in [3.8, 4) is 0 Å². The number of hydrogen-bond donors (Lipinski definition) is 0. The van der Waals surface area contributed by atoms with Crippen LogP contribution in [0.3, 0.4) is 0 Å². The van der Waals surface area contributed by atoms with Crippen molar-refractivity contribution in [3.63, 3.8) is 0 Å². The summed E-state index contributed by atoms with van der Waals surface area (Å²) in [6, 6.07) is 0. The first kappa shape index (κ1) is 7.21. The molecule has 10 heavy (non-hydrogen) atoms. The molecular weight excluding hydrogens is 154 g/mol. The SMILES string of the molecule is CC(=O)Cn1cnc(Cl)n1.